The van der Waals surface area contributed by atoms with Gasteiger partial charge in [-0.3, -0.25) is 4.79 Å². The fraction of sp³-hybridized carbons (Fsp3) is 0.273. The zero-order valence-electron chi connectivity index (χ0n) is 16.9. The Morgan fingerprint density at radius 2 is 1.90 bits per heavy atom. The Morgan fingerprint density at radius 3 is 2.58 bits per heavy atom. The minimum atomic E-state index is -3.67. The van der Waals surface area contributed by atoms with Gasteiger partial charge in [-0.05, 0) is 68.1 Å². The highest BCUT2D eigenvalue weighted by atomic mass is 32.2. The van der Waals surface area contributed by atoms with Gasteiger partial charge in [-0.15, -0.1) is 0 Å². The lowest BCUT2D eigenvalue weighted by atomic mass is 10.0. The van der Waals surface area contributed by atoms with Crippen LogP contribution in [0.3, 0.4) is 0 Å². The molecule has 1 aromatic heterocycles. The standard InChI is InChI=1S/C22H21FN2O4S2/c1-13-22(31(28,29)16-6-4-3-5-7-16)20(30-24-13)11-17-14(2)25(12-21(26)27)19-9-8-15(23)10-18(17)19/h3-10,20,22H,11-12H2,1-2H3,(H,26,27). The first kappa shape index (κ1) is 21.6. The minimum Gasteiger partial charge on any atom is -0.480 e. The Labute approximate surface area is 183 Å². The predicted molar refractivity (Wildman–Crippen MR) is 120 cm³/mol. The first-order valence-electron chi connectivity index (χ1n) is 9.68. The van der Waals surface area contributed by atoms with Gasteiger partial charge in [-0.25, -0.2) is 17.2 Å². The average Bonchev–Trinajstić information content (AvgIpc) is 3.21. The van der Waals surface area contributed by atoms with Gasteiger partial charge in [0, 0.05) is 22.3 Å². The number of hydrogen-bond acceptors (Lipinski definition) is 5. The van der Waals surface area contributed by atoms with Crippen LogP contribution in [0.1, 0.15) is 18.2 Å². The van der Waals surface area contributed by atoms with Gasteiger partial charge in [0.1, 0.15) is 17.6 Å². The molecule has 2 unspecified atom stereocenters. The molecule has 2 atom stereocenters. The molecule has 2 heterocycles. The number of hydrogen-bond donors (Lipinski definition) is 1. The number of rotatable bonds is 6. The van der Waals surface area contributed by atoms with Crippen LogP contribution in [-0.4, -0.2) is 40.3 Å². The van der Waals surface area contributed by atoms with Crippen LogP contribution in [0.5, 0.6) is 0 Å². The van der Waals surface area contributed by atoms with Crippen LogP contribution >= 0.6 is 11.9 Å². The van der Waals surface area contributed by atoms with Crippen LogP contribution in [0, 0.1) is 12.7 Å². The predicted octanol–water partition coefficient (Wildman–Crippen LogP) is 4.05. The summed E-state index contributed by atoms with van der Waals surface area (Å²) in [6.45, 7) is 3.23. The Bertz CT molecular complexity index is 1300. The highest BCUT2D eigenvalue weighted by Gasteiger charge is 2.42. The molecule has 0 saturated heterocycles. The van der Waals surface area contributed by atoms with Gasteiger partial charge in [-0.1, -0.05) is 18.2 Å². The molecule has 0 radical (unpaired) electrons. The quantitative estimate of drug-likeness (QED) is 0.561. The van der Waals surface area contributed by atoms with Crippen molar-refractivity contribution in [2.24, 2.45) is 4.40 Å². The average molecular weight is 461 g/mol. The van der Waals surface area contributed by atoms with E-state index in [0.717, 1.165) is 5.56 Å². The van der Waals surface area contributed by atoms with Crippen molar-refractivity contribution in [1.82, 2.24) is 4.57 Å². The van der Waals surface area contributed by atoms with Gasteiger partial charge < -0.3 is 9.67 Å². The number of halogens is 1. The van der Waals surface area contributed by atoms with Gasteiger partial charge in [-0.2, -0.15) is 0 Å². The highest BCUT2D eigenvalue weighted by molar-refractivity contribution is 8.01. The van der Waals surface area contributed by atoms with Crippen LogP contribution in [0.15, 0.2) is 57.8 Å². The van der Waals surface area contributed by atoms with E-state index >= 15 is 0 Å². The number of carboxylic acids is 1. The third-order valence-corrected chi connectivity index (χ3v) is 9.15. The van der Waals surface area contributed by atoms with Crippen LogP contribution in [0.25, 0.3) is 10.9 Å². The third kappa shape index (κ3) is 3.87. The summed E-state index contributed by atoms with van der Waals surface area (Å²) in [4.78, 5) is 11.6. The minimum absolute atomic E-state index is 0.234. The van der Waals surface area contributed by atoms with E-state index in [0.29, 0.717) is 28.7 Å². The summed E-state index contributed by atoms with van der Waals surface area (Å²) < 4.78 is 46.7. The molecular weight excluding hydrogens is 439 g/mol. The molecule has 0 fully saturated rings. The molecule has 0 saturated carbocycles. The second-order valence-electron chi connectivity index (χ2n) is 7.56. The molecular formula is C22H21FN2O4S2. The van der Waals surface area contributed by atoms with Crippen LogP contribution in [0.2, 0.25) is 0 Å². The Kier molecular flexibility index (Phi) is 5.65. The summed E-state index contributed by atoms with van der Waals surface area (Å²) in [5.74, 6) is -1.43. The summed E-state index contributed by atoms with van der Waals surface area (Å²) >= 11 is 1.21. The van der Waals surface area contributed by atoms with Crippen LogP contribution in [0.4, 0.5) is 4.39 Å². The third-order valence-electron chi connectivity index (χ3n) is 5.60. The number of carbonyl (C=O) groups is 1. The fourth-order valence-electron chi connectivity index (χ4n) is 4.17. The van der Waals surface area contributed by atoms with E-state index in [1.54, 1.807) is 54.8 Å². The number of aliphatic carboxylic acids is 1. The zero-order chi connectivity index (χ0) is 22.3. The van der Waals surface area contributed by atoms with Crippen molar-refractivity contribution >= 4 is 44.4 Å². The van der Waals surface area contributed by atoms with E-state index in [-0.39, 0.29) is 11.4 Å². The first-order chi connectivity index (χ1) is 14.7. The number of aromatic nitrogens is 1. The summed E-state index contributed by atoms with van der Waals surface area (Å²) in [7, 11) is -3.67. The number of fused-ring (bicyclic) bond motifs is 1. The van der Waals surface area contributed by atoms with Crippen molar-refractivity contribution in [3.63, 3.8) is 0 Å². The number of benzene rings is 2. The van der Waals surface area contributed by atoms with Crippen molar-refractivity contribution in [2.75, 3.05) is 0 Å². The number of nitrogens with zero attached hydrogens (tertiary/aromatic N) is 2. The first-order valence-corrected chi connectivity index (χ1v) is 12.1. The Balaban J connectivity index is 1.78. The van der Waals surface area contributed by atoms with Crippen LogP contribution < -0.4 is 0 Å². The van der Waals surface area contributed by atoms with Crippen molar-refractivity contribution in [3.05, 3.63) is 65.6 Å². The van der Waals surface area contributed by atoms with Gasteiger partial charge in [0.15, 0.2) is 9.84 Å². The lowest BCUT2D eigenvalue weighted by Crippen LogP contribution is -2.36. The zero-order valence-corrected chi connectivity index (χ0v) is 18.6. The molecule has 0 bridgehead atoms. The second-order valence-corrected chi connectivity index (χ2v) is 10.6. The van der Waals surface area contributed by atoms with Crippen molar-refractivity contribution < 1.29 is 22.7 Å². The van der Waals surface area contributed by atoms with Gasteiger partial charge >= 0.3 is 5.97 Å². The van der Waals surface area contributed by atoms with E-state index in [2.05, 4.69) is 4.40 Å². The van der Waals surface area contributed by atoms with Gasteiger partial charge in [0.05, 0.1) is 10.1 Å². The molecule has 1 aliphatic rings. The maximum atomic E-state index is 14.0. The number of sulfone groups is 1. The summed E-state index contributed by atoms with van der Waals surface area (Å²) in [5.41, 5.74) is 2.56. The summed E-state index contributed by atoms with van der Waals surface area (Å²) in [6, 6.07) is 12.5. The largest absolute Gasteiger partial charge is 0.480 e. The lowest BCUT2D eigenvalue weighted by Gasteiger charge is -2.20. The monoisotopic (exact) mass is 460 g/mol. The normalized spacial score (nSPS) is 19.0. The SMILES string of the molecule is CC1=NSC(Cc2c(C)n(CC(=O)O)c3ccc(F)cc23)C1S(=O)(=O)c1ccccc1. The van der Waals surface area contributed by atoms with Crippen molar-refractivity contribution in [2.45, 2.75) is 42.2 Å². The molecule has 0 aliphatic carbocycles. The molecule has 9 heteroatoms. The lowest BCUT2D eigenvalue weighted by molar-refractivity contribution is -0.137. The molecule has 1 N–H and O–H groups in total. The molecule has 6 nitrogen and oxygen atoms in total. The Hall–Kier alpha value is -2.65. The van der Waals surface area contributed by atoms with E-state index in [9.17, 15) is 22.7 Å². The fourth-order valence-corrected chi connectivity index (χ4v) is 7.62. The molecule has 3 aromatic rings. The molecule has 1 aliphatic heterocycles. The molecule has 4 rings (SSSR count). The van der Waals surface area contributed by atoms with Crippen molar-refractivity contribution in [3.8, 4) is 0 Å². The molecule has 0 spiro atoms. The molecule has 0 amide bonds. The smallest absolute Gasteiger partial charge is 0.323 e. The molecule has 31 heavy (non-hydrogen) atoms. The second kappa shape index (κ2) is 8.12. The maximum absolute atomic E-state index is 14.0. The summed E-state index contributed by atoms with van der Waals surface area (Å²) in [6.07, 6.45) is 0.320. The molecule has 2 aromatic carbocycles. The van der Waals surface area contributed by atoms with E-state index in [1.165, 1.54) is 24.1 Å². The van der Waals surface area contributed by atoms with E-state index in [4.69, 9.17) is 0 Å². The van der Waals surface area contributed by atoms with Crippen LogP contribution in [-0.2, 0) is 27.6 Å². The van der Waals surface area contributed by atoms with E-state index in [1.807, 2.05) is 0 Å². The topological polar surface area (TPSA) is 88.7 Å². The van der Waals surface area contributed by atoms with Gasteiger partial charge in [0.25, 0.3) is 0 Å². The van der Waals surface area contributed by atoms with Gasteiger partial charge in [0.2, 0.25) is 0 Å². The summed E-state index contributed by atoms with van der Waals surface area (Å²) in [5, 5.41) is 8.69. The number of carboxylic acid groups (broad SMARTS) is 1. The molecule has 162 valence electrons. The Morgan fingerprint density at radius 1 is 1.19 bits per heavy atom. The van der Waals surface area contributed by atoms with Crippen molar-refractivity contribution in [1.29, 1.82) is 0 Å². The highest BCUT2D eigenvalue weighted by Crippen LogP contribution is 2.38. The maximum Gasteiger partial charge on any atom is 0.323 e. The van der Waals surface area contributed by atoms with E-state index < -0.39 is 32.1 Å².